The third-order valence-electron chi connectivity index (χ3n) is 4.22. The van der Waals surface area contributed by atoms with Gasteiger partial charge in [0.25, 0.3) is 0 Å². The van der Waals surface area contributed by atoms with Crippen molar-refractivity contribution >= 4 is 11.5 Å². The van der Waals surface area contributed by atoms with E-state index in [2.05, 4.69) is 36.6 Å². The molecule has 0 fully saturated rings. The van der Waals surface area contributed by atoms with E-state index in [4.69, 9.17) is 0 Å². The summed E-state index contributed by atoms with van der Waals surface area (Å²) in [6.45, 7) is 8.59. The predicted molar refractivity (Wildman–Crippen MR) is 88.4 cm³/mol. The van der Waals surface area contributed by atoms with Gasteiger partial charge in [-0.3, -0.25) is 4.79 Å². The lowest BCUT2D eigenvalue weighted by atomic mass is 10.1. The molecular weight excluding hydrogens is 260 g/mol. The Bertz CT molecular complexity index is 683. The normalized spacial score (nSPS) is 10.8. The third kappa shape index (κ3) is 3.02. The zero-order valence-electron chi connectivity index (χ0n) is 13.8. The zero-order chi connectivity index (χ0) is 15.7. The average molecular weight is 284 g/mol. The van der Waals surface area contributed by atoms with Crippen molar-refractivity contribution in [1.82, 2.24) is 4.57 Å². The minimum atomic E-state index is 0.165. The molecule has 3 nitrogen and oxygen atoms in total. The summed E-state index contributed by atoms with van der Waals surface area (Å²) in [5, 5.41) is 0. The molecule has 0 amide bonds. The van der Waals surface area contributed by atoms with E-state index in [0.717, 1.165) is 22.6 Å². The fourth-order valence-electron chi connectivity index (χ4n) is 2.76. The number of hydrogen-bond donors (Lipinski definition) is 0. The molecule has 0 aliphatic heterocycles. The van der Waals surface area contributed by atoms with Gasteiger partial charge in [0.15, 0.2) is 5.78 Å². The van der Waals surface area contributed by atoms with Gasteiger partial charge in [-0.2, -0.15) is 0 Å². The lowest BCUT2D eigenvalue weighted by molar-refractivity contribution is 0.0999. The van der Waals surface area contributed by atoms with Crippen molar-refractivity contribution in [2.24, 2.45) is 7.05 Å². The molecule has 0 radical (unpaired) electrons. The molecular formula is C18H24N2O. The number of anilines is 1. The quantitative estimate of drug-likeness (QED) is 0.802. The van der Waals surface area contributed by atoms with Crippen LogP contribution < -0.4 is 4.90 Å². The Balaban J connectivity index is 2.20. The van der Waals surface area contributed by atoms with Crippen molar-refractivity contribution in [3.8, 4) is 0 Å². The number of rotatable bonds is 4. The fourth-order valence-corrected chi connectivity index (χ4v) is 2.76. The number of aryl methyl sites for hydroxylation is 3. The van der Waals surface area contributed by atoms with Crippen molar-refractivity contribution in [3.63, 3.8) is 0 Å². The minimum absolute atomic E-state index is 0.165. The van der Waals surface area contributed by atoms with Crippen LogP contribution >= 0.6 is 0 Å². The number of nitrogens with zero attached hydrogens (tertiary/aromatic N) is 2. The Hall–Kier alpha value is -2.03. The summed E-state index contributed by atoms with van der Waals surface area (Å²) in [5.74, 6) is 0.165. The van der Waals surface area contributed by atoms with Crippen LogP contribution in [0.2, 0.25) is 0 Å². The second-order valence-corrected chi connectivity index (χ2v) is 5.91. The second kappa shape index (κ2) is 5.76. The van der Waals surface area contributed by atoms with E-state index in [9.17, 15) is 4.79 Å². The number of benzene rings is 1. The van der Waals surface area contributed by atoms with E-state index < -0.39 is 0 Å². The number of carbonyl (C=O) groups is 1. The van der Waals surface area contributed by atoms with Gasteiger partial charge in [0.05, 0.1) is 6.54 Å². The van der Waals surface area contributed by atoms with Gasteiger partial charge in [-0.15, -0.1) is 0 Å². The number of likely N-dealkylation sites (N-methyl/N-ethyl adjacent to an activating group) is 1. The maximum absolute atomic E-state index is 12.5. The Morgan fingerprint density at radius 2 is 1.81 bits per heavy atom. The summed E-state index contributed by atoms with van der Waals surface area (Å²) >= 11 is 0. The van der Waals surface area contributed by atoms with Gasteiger partial charge < -0.3 is 9.47 Å². The first-order valence-corrected chi connectivity index (χ1v) is 7.25. The van der Waals surface area contributed by atoms with Crippen LogP contribution in [0.4, 0.5) is 5.69 Å². The van der Waals surface area contributed by atoms with Crippen LogP contribution in [0, 0.1) is 27.7 Å². The molecule has 1 heterocycles. The maximum Gasteiger partial charge on any atom is 0.183 e. The van der Waals surface area contributed by atoms with E-state index in [0.29, 0.717) is 6.54 Å². The van der Waals surface area contributed by atoms with Crippen molar-refractivity contribution in [1.29, 1.82) is 0 Å². The predicted octanol–water partition coefficient (Wildman–Crippen LogP) is 3.58. The van der Waals surface area contributed by atoms with E-state index >= 15 is 0 Å². The number of ketones is 1. The summed E-state index contributed by atoms with van der Waals surface area (Å²) in [5.41, 5.74) is 6.53. The highest BCUT2D eigenvalue weighted by Crippen LogP contribution is 2.21. The average Bonchev–Trinajstić information content (AvgIpc) is 2.66. The lowest BCUT2D eigenvalue weighted by Gasteiger charge is -2.21. The van der Waals surface area contributed by atoms with Gasteiger partial charge in [0, 0.05) is 36.7 Å². The van der Waals surface area contributed by atoms with Crippen LogP contribution in [0.5, 0.6) is 0 Å². The van der Waals surface area contributed by atoms with Crippen LogP contribution in [0.3, 0.4) is 0 Å². The smallest absolute Gasteiger partial charge is 0.183 e. The highest BCUT2D eigenvalue weighted by Gasteiger charge is 2.16. The first-order valence-electron chi connectivity index (χ1n) is 7.25. The Morgan fingerprint density at radius 3 is 2.33 bits per heavy atom. The van der Waals surface area contributed by atoms with Crippen molar-refractivity contribution in [2.75, 3.05) is 18.5 Å². The number of Topliss-reactive ketones (excluding diaryl/α,β-unsaturated/α-hetero) is 1. The van der Waals surface area contributed by atoms with E-state index in [-0.39, 0.29) is 5.78 Å². The summed E-state index contributed by atoms with van der Waals surface area (Å²) in [7, 11) is 3.97. The second-order valence-electron chi connectivity index (χ2n) is 5.91. The number of hydrogen-bond acceptors (Lipinski definition) is 2. The van der Waals surface area contributed by atoms with Gasteiger partial charge in [-0.25, -0.2) is 0 Å². The third-order valence-corrected chi connectivity index (χ3v) is 4.22. The first kappa shape index (κ1) is 15.4. The molecule has 0 atom stereocenters. The molecule has 0 unspecified atom stereocenters. The molecule has 2 rings (SSSR count). The highest BCUT2D eigenvalue weighted by molar-refractivity contribution is 6.00. The van der Waals surface area contributed by atoms with Gasteiger partial charge in [-0.1, -0.05) is 17.7 Å². The molecule has 0 saturated heterocycles. The molecule has 1 aromatic heterocycles. The van der Waals surface area contributed by atoms with Gasteiger partial charge in [-0.05, 0) is 45.4 Å². The molecule has 21 heavy (non-hydrogen) atoms. The molecule has 0 N–H and O–H groups in total. The van der Waals surface area contributed by atoms with Crippen LogP contribution in [0.15, 0.2) is 24.3 Å². The standard InChI is InChI=1S/C18H24N2O/c1-12-7-8-17(13(2)9-12)19(5)11-18(21)16-10-14(3)20(6)15(16)4/h7-10H,11H2,1-6H3. The van der Waals surface area contributed by atoms with Crippen LogP contribution in [-0.2, 0) is 7.05 Å². The lowest BCUT2D eigenvalue weighted by Crippen LogP contribution is -2.26. The summed E-state index contributed by atoms with van der Waals surface area (Å²) in [6.07, 6.45) is 0. The summed E-state index contributed by atoms with van der Waals surface area (Å²) < 4.78 is 2.06. The molecule has 0 bridgehead atoms. The van der Waals surface area contributed by atoms with E-state index in [1.165, 1.54) is 11.1 Å². The molecule has 0 spiro atoms. The Labute approximate surface area is 127 Å². The Morgan fingerprint density at radius 1 is 1.14 bits per heavy atom. The molecule has 2 aromatic rings. The molecule has 3 heteroatoms. The molecule has 0 aliphatic carbocycles. The summed E-state index contributed by atoms with van der Waals surface area (Å²) in [6, 6.07) is 8.30. The molecule has 112 valence electrons. The Kier molecular flexibility index (Phi) is 4.21. The first-order chi connectivity index (χ1) is 9.81. The topological polar surface area (TPSA) is 25.2 Å². The summed E-state index contributed by atoms with van der Waals surface area (Å²) in [4.78, 5) is 14.6. The number of aromatic nitrogens is 1. The molecule has 0 saturated carbocycles. The van der Waals surface area contributed by atoms with Crippen molar-refractivity contribution < 1.29 is 4.79 Å². The van der Waals surface area contributed by atoms with Crippen LogP contribution in [0.1, 0.15) is 32.9 Å². The maximum atomic E-state index is 12.5. The van der Waals surface area contributed by atoms with Crippen molar-refractivity contribution in [3.05, 3.63) is 52.3 Å². The fraction of sp³-hybridized carbons (Fsp3) is 0.389. The zero-order valence-corrected chi connectivity index (χ0v) is 13.8. The largest absolute Gasteiger partial charge is 0.367 e. The molecule has 1 aromatic carbocycles. The van der Waals surface area contributed by atoms with Gasteiger partial charge in [0.2, 0.25) is 0 Å². The molecule has 0 aliphatic rings. The van der Waals surface area contributed by atoms with Crippen LogP contribution in [-0.4, -0.2) is 23.9 Å². The van der Waals surface area contributed by atoms with Gasteiger partial charge >= 0.3 is 0 Å². The highest BCUT2D eigenvalue weighted by atomic mass is 16.1. The minimum Gasteiger partial charge on any atom is -0.367 e. The monoisotopic (exact) mass is 284 g/mol. The van der Waals surface area contributed by atoms with Crippen molar-refractivity contribution in [2.45, 2.75) is 27.7 Å². The number of carbonyl (C=O) groups excluding carboxylic acids is 1. The van der Waals surface area contributed by atoms with Crippen LogP contribution in [0.25, 0.3) is 0 Å². The van der Waals surface area contributed by atoms with E-state index in [1.807, 2.05) is 38.9 Å². The van der Waals surface area contributed by atoms with Gasteiger partial charge in [0.1, 0.15) is 0 Å². The SMILES string of the molecule is Cc1ccc(N(C)CC(=O)c2cc(C)n(C)c2C)c(C)c1. The van der Waals surface area contributed by atoms with E-state index in [1.54, 1.807) is 0 Å².